The van der Waals surface area contributed by atoms with Crippen LogP contribution in [0.3, 0.4) is 0 Å². The Balaban J connectivity index is 2.28. The van der Waals surface area contributed by atoms with E-state index in [0.29, 0.717) is 0 Å². The Bertz CT molecular complexity index is 515. The molecule has 0 aromatic heterocycles. The van der Waals surface area contributed by atoms with Crippen molar-refractivity contribution in [1.29, 1.82) is 0 Å². The van der Waals surface area contributed by atoms with Crippen molar-refractivity contribution in [3.05, 3.63) is 0 Å². The summed E-state index contributed by atoms with van der Waals surface area (Å²) in [6.45, 7) is 6.88. The molecule has 0 N–H and O–H groups in total. The number of esters is 3. The van der Waals surface area contributed by atoms with Crippen molar-refractivity contribution in [2.45, 2.75) is 71.1 Å². The molecule has 0 spiro atoms. The van der Waals surface area contributed by atoms with Gasteiger partial charge in [0.1, 0.15) is 12.7 Å². The van der Waals surface area contributed by atoms with E-state index in [0.717, 1.165) is 0 Å². The van der Waals surface area contributed by atoms with Crippen molar-refractivity contribution in [1.82, 2.24) is 0 Å². The van der Waals surface area contributed by atoms with Gasteiger partial charge < -0.3 is 28.4 Å². The SMILES string of the molecule is CC(=O)OC[C@H]1O[C@H]2OC(C)(C)O[C@H]2[C@@H](OC(C)=O)[C@@H]1OC(C)=O. The molecule has 2 saturated heterocycles. The molecule has 9 nitrogen and oxygen atoms in total. The molecule has 24 heavy (non-hydrogen) atoms. The minimum absolute atomic E-state index is 0.182. The van der Waals surface area contributed by atoms with Crippen molar-refractivity contribution in [2.24, 2.45) is 0 Å². The molecule has 0 unspecified atom stereocenters. The third kappa shape index (κ3) is 4.43. The Morgan fingerprint density at radius 2 is 1.50 bits per heavy atom. The molecular weight excluding hydrogens is 324 g/mol. The van der Waals surface area contributed by atoms with Crippen LogP contribution in [0.15, 0.2) is 0 Å². The van der Waals surface area contributed by atoms with E-state index < -0.39 is 54.4 Å². The maximum atomic E-state index is 11.5. The van der Waals surface area contributed by atoms with Crippen LogP contribution in [0.2, 0.25) is 0 Å². The highest BCUT2D eigenvalue weighted by Gasteiger charge is 2.57. The van der Waals surface area contributed by atoms with Crippen LogP contribution >= 0.6 is 0 Å². The Morgan fingerprint density at radius 1 is 0.917 bits per heavy atom. The zero-order valence-electron chi connectivity index (χ0n) is 14.3. The van der Waals surface area contributed by atoms with E-state index in [4.69, 9.17) is 28.4 Å². The van der Waals surface area contributed by atoms with Crippen molar-refractivity contribution in [3.63, 3.8) is 0 Å². The van der Waals surface area contributed by atoms with Gasteiger partial charge in [-0.2, -0.15) is 0 Å². The van der Waals surface area contributed by atoms with Crippen LogP contribution in [0.5, 0.6) is 0 Å². The van der Waals surface area contributed by atoms with Crippen LogP contribution in [0.25, 0.3) is 0 Å². The predicted molar refractivity (Wildman–Crippen MR) is 76.4 cm³/mol. The molecule has 2 heterocycles. The molecule has 0 amide bonds. The topological polar surface area (TPSA) is 107 Å². The lowest BCUT2D eigenvalue weighted by atomic mass is 9.98. The lowest BCUT2D eigenvalue weighted by Gasteiger charge is -2.40. The van der Waals surface area contributed by atoms with Crippen LogP contribution in [0, 0.1) is 0 Å². The van der Waals surface area contributed by atoms with E-state index >= 15 is 0 Å². The summed E-state index contributed by atoms with van der Waals surface area (Å²) in [7, 11) is 0. The van der Waals surface area contributed by atoms with Gasteiger partial charge in [-0.3, -0.25) is 14.4 Å². The monoisotopic (exact) mass is 346 g/mol. The van der Waals surface area contributed by atoms with Crippen LogP contribution in [-0.2, 0) is 42.8 Å². The molecule has 9 heteroatoms. The summed E-state index contributed by atoms with van der Waals surface area (Å²) in [5.41, 5.74) is 0. The fourth-order valence-corrected chi connectivity index (χ4v) is 2.73. The molecular formula is C15H22O9. The summed E-state index contributed by atoms with van der Waals surface area (Å²) in [6.07, 6.45) is -4.43. The molecule has 2 fully saturated rings. The standard InChI is InChI=1S/C15H22O9/c1-7(16)19-6-10-11(20-8(2)17)12(21-9(3)18)13-14(22-10)24-15(4,5)23-13/h10-14H,6H2,1-5H3/t10-,11-,12+,13+,14+/m1/s1. The summed E-state index contributed by atoms with van der Waals surface area (Å²) in [5.74, 6) is -2.65. The second-order valence-electron chi connectivity index (χ2n) is 6.09. The number of carbonyl (C=O) groups excluding carboxylic acids is 3. The van der Waals surface area contributed by atoms with Crippen LogP contribution in [0.1, 0.15) is 34.6 Å². The predicted octanol–water partition coefficient (Wildman–Crippen LogP) is 0.289. The Morgan fingerprint density at radius 3 is 2.04 bits per heavy atom. The van der Waals surface area contributed by atoms with E-state index in [9.17, 15) is 14.4 Å². The van der Waals surface area contributed by atoms with Crippen LogP contribution in [-0.4, -0.2) is 61.0 Å². The van der Waals surface area contributed by atoms with Gasteiger partial charge in [0.2, 0.25) is 0 Å². The normalized spacial score (nSPS) is 34.1. The zero-order valence-corrected chi connectivity index (χ0v) is 14.3. The Hall–Kier alpha value is -1.71. The molecule has 2 aliphatic rings. The Kier molecular flexibility index (Phi) is 5.46. The second-order valence-corrected chi connectivity index (χ2v) is 6.09. The zero-order chi connectivity index (χ0) is 18.1. The number of hydrogen-bond donors (Lipinski definition) is 0. The fraction of sp³-hybridized carbons (Fsp3) is 0.800. The highest BCUT2D eigenvalue weighted by atomic mass is 16.8. The van der Waals surface area contributed by atoms with Crippen molar-refractivity contribution in [2.75, 3.05) is 6.61 Å². The van der Waals surface area contributed by atoms with E-state index in [2.05, 4.69) is 0 Å². The number of fused-ring (bicyclic) bond motifs is 1. The van der Waals surface area contributed by atoms with Gasteiger partial charge >= 0.3 is 17.9 Å². The average molecular weight is 346 g/mol. The minimum Gasteiger partial charge on any atom is -0.463 e. The summed E-state index contributed by atoms with van der Waals surface area (Å²) in [6, 6.07) is 0. The first-order valence-electron chi connectivity index (χ1n) is 7.58. The largest absolute Gasteiger partial charge is 0.463 e. The van der Waals surface area contributed by atoms with Crippen molar-refractivity contribution in [3.8, 4) is 0 Å². The highest BCUT2D eigenvalue weighted by molar-refractivity contribution is 5.67. The van der Waals surface area contributed by atoms with Gasteiger partial charge in [-0.15, -0.1) is 0 Å². The number of rotatable bonds is 4. The quantitative estimate of drug-likeness (QED) is 0.524. The first-order chi connectivity index (χ1) is 11.1. The second kappa shape index (κ2) is 7.04. The van der Waals surface area contributed by atoms with Gasteiger partial charge in [0.25, 0.3) is 0 Å². The third-order valence-corrected chi connectivity index (χ3v) is 3.47. The maximum Gasteiger partial charge on any atom is 0.303 e. The van der Waals surface area contributed by atoms with Gasteiger partial charge in [-0.25, -0.2) is 0 Å². The number of hydrogen-bond acceptors (Lipinski definition) is 9. The van der Waals surface area contributed by atoms with Crippen molar-refractivity contribution < 1.29 is 42.8 Å². The van der Waals surface area contributed by atoms with Crippen LogP contribution < -0.4 is 0 Å². The Labute approximate surface area is 139 Å². The average Bonchev–Trinajstić information content (AvgIpc) is 2.72. The molecule has 0 bridgehead atoms. The van der Waals surface area contributed by atoms with Gasteiger partial charge in [0, 0.05) is 20.8 Å². The minimum atomic E-state index is -0.996. The molecule has 0 saturated carbocycles. The van der Waals surface area contributed by atoms with E-state index in [1.165, 1.54) is 20.8 Å². The molecule has 0 aliphatic carbocycles. The van der Waals surface area contributed by atoms with Gasteiger partial charge in [0.15, 0.2) is 30.4 Å². The molecule has 0 aromatic rings. The summed E-state index contributed by atoms with van der Waals surface area (Å²) in [4.78, 5) is 34.0. The van der Waals surface area contributed by atoms with Crippen molar-refractivity contribution >= 4 is 17.9 Å². The van der Waals surface area contributed by atoms with E-state index in [1.807, 2.05) is 0 Å². The molecule has 2 rings (SSSR count). The molecule has 2 aliphatic heterocycles. The first kappa shape index (κ1) is 18.6. The third-order valence-electron chi connectivity index (χ3n) is 3.47. The summed E-state index contributed by atoms with van der Waals surface area (Å²) in [5, 5.41) is 0. The molecule has 0 aromatic carbocycles. The smallest absolute Gasteiger partial charge is 0.303 e. The highest BCUT2D eigenvalue weighted by Crippen LogP contribution is 2.38. The summed E-state index contributed by atoms with van der Waals surface area (Å²) >= 11 is 0. The first-order valence-corrected chi connectivity index (χ1v) is 7.58. The molecule has 136 valence electrons. The molecule has 5 atom stereocenters. The lowest BCUT2D eigenvalue weighted by Crippen LogP contribution is -2.60. The van der Waals surface area contributed by atoms with Gasteiger partial charge in [-0.05, 0) is 13.8 Å². The lowest BCUT2D eigenvalue weighted by molar-refractivity contribution is -0.266. The number of carbonyl (C=O) groups is 3. The van der Waals surface area contributed by atoms with Gasteiger partial charge in [0.05, 0.1) is 0 Å². The van der Waals surface area contributed by atoms with Crippen LogP contribution in [0.4, 0.5) is 0 Å². The van der Waals surface area contributed by atoms with E-state index in [-0.39, 0.29) is 6.61 Å². The maximum absolute atomic E-state index is 11.5. The van der Waals surface area contributed by atoms with Gasteiger partial charge in [-0.1, -0.05) is 0 Å². The fourth-order valence-electron chi connectivity index (χ4n) is 2.73. The number of ether oxygens (including phenoxy) is 6. The molecule has 0 radical (unpaired) electrons. The van der Waals surface area contributed by atoms with E-state index in [1.54, 1.807) is 13.8 Å². The summed E-state index contributed by atoms with van der Waals surface area (Å²) < 4.78 is 32.6.